The lowest BCUT2D eigenvalue weighted by Crippen LogP contribution is -2.41. The molecule has 2 fully saturated rings. The Labute approximate surface area is 188 Å². The maximum atomic E-state index is 13.1. The largest absolute Gasteiger partial charge is 0.379 e. The van der Waals surface area contributed by atoms with E-state index in [0.29, 0.717) is 23.5 Å². The van der Waals surface area contributed by atoms with Gasteiger partial charge in [-0.15, -0.1) is 0 Å². The van der Waals surface area contributed by atoms with E-state index in [9.17, 15) is 9.59 Å². The number of hydrogen-bond donors (Lipinski definition) is 3. The fourth-order valence-corrected chi connectivity index (χ4v) is 4.09. The second-order valence-electron chi connectivity index (χ2n) is 8.08. The smallest absolute Gasteiger partial charge is 0.323 e. The number of para-hydroxylation sites is 1. The predicted octanol–water partition coefficient (Wildman–Crippen LogP) is 2.99. The number of amides is 3. The van der Waals surface area contributed by atoms with E-state index in [0.717, 1.165) is 64.5 Å². The van der Waals surface area contributed by atoms with Crippen LogP contribution in [0.25, 0.3) is 0 Å². The van der Waals surface area contributed by atoms with Gasteiger partial charge >= 0.3 is 6.03 Å². The van der Waals surface area contributed by atoms with E-state index >= 15 is 0 Å². The zero-order valence-corrected chi connectivity index (χ0v) is 18.3. The summed E-state index contributed by atoms with van der Waals surface area (Å²) in [5.74, 6) is -0.118. The van der Waals surface area contributed by atoms with Crippen molar-refractivity contribution >= 4 is 29.0 Å². The van der Waals surface area contributed by atoms with Crippen LogP contribution in [-0.4, -0.2) is 69.3 Å². The number of urea groups is 1. The fraction of sp³-hybridized carbons (Fsp3) is 0.417. The number of nitrogens with one attached hydrogen (secondary N) is 3. The number of benzene rings is 2. The summed E-state index contributed by atoms with van der Waals surface area (Å²) in [4.78, 5) is 30.0. The molecule has 0 saturated carbocycles. The van der Waals surface area contributed by atoms with Gasteiger partial charge < -0.3 is 25.6 Å². The van der Waals surface area contributed by atoms with E-state index in [2.05, 4.69) is 25.8 Å². The highest BCUT2D eigenvalue weighted by atomic mass is 16.5. The molecule has 0 aromatic heterocycles. The van der Waals surface area contributed by atoms with Crippen molar-refractivity contribution in [3.05, 3.63) is 54.1 Å². The SMILES string of the molecule is O=C(Nc1ccccc1)Nc1ccc(N2CCCC2)c(C(=O)NCCN2CCOCC2)c1. The number of hydrogen-bond acceptors (Lipinski definition) is 5. The van der Waals surface area contributed by atoms with E-state index < -0.39 is 0 Å². The van der Waals surface area contributed by atoms with Crippen molar-refractivity contribution in [2.75, 3.05) is 68.0 Å². The van der Waals surface area contributed by atoms with Gasteiger partial charge in [-0.25, -0.2) is 4.79 Å². The van der Waals surface area contributed by atoms with Crippen molar-refractivity contribution in [3.8, 4) is 0 Å². The van der Waals surface area contributed by atoms with Crippen molar-refractivity contribution in [2.24, 2.45) is 0 Å². The third kappa shape index (κ3) is 5.99. The molecule has 170 valence electrons. The number of anilines is 3. The van der Waals surface area contributed by atoms with Crippen LogP contribution < -0.4 is 20.9 Å². The van der Waals surface area contributed by atoms with Crippen LogP contribution in [0.2, 0.25) is 0 Å². The Kier molecular flexibility index (Phi) is 7.58. The molecule has 0 radical (unpaired) electrons. The zero-order chi connectivity index (χ0) is 22.2. The second-order valence-corrected chi connectivity index (χ2v) is 8.08. The zero-order valence-electron chi connectivity index (χ0n) is 18.3. The Balaban J connectivity index is 1.42. The molecule has 2 aliphatic heterocycles. The molecule has 8 heteroatoms. The van der Waals surface area contributed by atoms with Gasteiger partial charge in [0.2, 0.25) is 0 Å². The normalized spacial score (nSPS) is 16.6. The molecule has 0 unspecified atom stereocenters. The summed E-state index contributed by atoms with van der Waals surface area (Å²) < 4.78 is 5.38. The summed E-state index contributed by atoms with van der Waals surface area (Å²) in [6, 6.07) is 14.5. The van der Waals surface area contributed by atoms with Crippen LogP contribution in [0.3, 0.4) is 0 Å². The third-order valence-electron chi connectivity index (χ3n) is 5.79. The maximum Gasteiger partial charge on any atom is 0.323 e. The van der Waals surface area contributed by atoms with Crippen LogP contribution in [0.1, 0.15) is 23.2 Å². The van der Waals surface area contributed by atoms with Gasteiger partial charge in [-0.05, 0) is 43.2 Å². The summed E-state index contributed by atoms with van der Waals surface area (Å²) in [6.45, 7) is 6.52. The summed E-state index contributed by atoms with van der Waals surface area (Å²) in [6.07, 6.45) is 2.25. The number of ether oxygens (including phenoxy) is 1. The molecule has 3 N–H and O–H groups in total. The predicted molar refractivity (Wildman–Crippen MR) is 127 cm³/mol. The number of nitrogens with zero attached hydrogens (tertiary/aromatic N) is 2. The average Bonchev–Trinajstić information content (AvgIpc) is 3.35. The summed E-state index contributed by atoms with van der Waals surface area (Å²) in [7, 11) is 0. The van der Waals surface area contributed by atoms with Gasteiger partial charge in [0.1, 0.15) is 0 Å². The Hall–Kier alpha value is -3.10. The highest BCUT2D eigenvalue weighted by Gasteiger charge is 2.21. The first kappa shape index (κ1) is 22.1. The Morgan fingerprint density at radius 3 is 2.34 bits per heavy atom. The van der Waals surface area contributed by atoms with Crippen molar-refractivity contribution in [2.45, 2.75) is 12.8 Å². The minimum absolute atomic E-state index is 0.118. The average molecular weight is 438 g/mol. The molecule has 0 bridgehead atoms. The lowest BCUT2D eigenvalue weighted by Gasteiger charge is -2.26. The topological polar surface area (TPSA) is 85.9 Å². The molecule has 4 rings (SSSR count). The molecule has 0 atom stereocenters. The summed E-state index contributed by atoms with van der Waals surface area (Å²) in [5.41, 5.74) is 2.80. The van der Waals surface area contributed by atoms with Gasteiger partial charge in [0.15, 0.2) is 0 Å². The molecule has 2 saturated heterocycles. The molecule has 3 amide bonds. The minimum atomic E-state index is -0.344. The molecule has 2 heterocycles. The van der Waals surface area contributed by atoms with Gasteiger partial charge in [-0.2, -0.15) is 0 Å². The second kappa shape index (κ2) is 11.0. The van der Waals surface area contributed by atoms with Crippen molar-refractivity contribution in [1.29, 1.82) is 0 Å². The van der Waals surface area contributed by atoms with E-state index in [1.54, 1.807) is 6.07 Å². The molecular formula is C24H31N5O3. The highest BCUT2D eigenvalue weighted by Crippen LogP contribution is 2.27. The van der Waals surface area contributed by atoms with Crippen LogP contribution in [0, 0.1) is 0 Å². The van der Waals surface area contributed by atoms with E-state index in [1.165, 1.54) is 0 Å². The van der Waals surface area contributed by atoms with Crippen molar-refractivity contribution in [1.82, 2.24) is 10.2 Å². The van der Waals surface area contributed by atoms with Crippen molar-refractivity contribution in [3.63, 3.8) is 0 Å². The highest BCUT2D eigenvalue weighted by molar-refractivity contribution is 6.04. The first-order valence-electron chi connectivity index (χ1n) is 11.3. The van der Waals surface area contributed by atoms with Crippen LogP contribution in [0.15, 0.2) is 48.5 Å². The maximum absolute atomic E-state index is 13.1. The van der Waals surface area contributed by atoms with Crippen molar-refractivity contribution < 1.29 is 14.3 Å². The molecule has 0 spiro atoms. The number of rotatable bonds is 7. The lowest BCUT2D eigenvalue weighted by atomic mass is 10.1. The fourth-order valence-electron chi connectivity index (χ4n) is 4.09. The first-order valence-corrected chi connectivity index (χ1v) is 11.3. The van der Waals surface area contributed by atoms with Gasteiger partial charge in [-0.1, -0.05) is 18.2 Å². The molecular weight excluding hydrogens is 406 g/mol. The molecule has 2 aromatic rings. The van der Waals surface area contributed by atoms with Crippen LogP contribution >= 0.6 is 0 Å². The third-order valence-corrected chi connectivity index (χ3v) is 5.79. The van der Waals surface area contributed by atoms with Gasteiger partial charge in [0.05, 0.1) is 18.8 Å². The molecule has 32 heavy (non-hydrogen) atoms. The lowest BCUT2D eigenvalue weighted by molar-refractivity contribution is 0.0383. The van der Waals surface area contributed by atoms with E-state index in [1.807, 2.05) is 42.5 Å². The molecule has 0 aliphatic carbocycles. The van der Waals surface area contributed by atoms with Gasteiger partial charge in [-0.3, -0.25) is 9.69 Å². The monoisotopic (exact) mass is 437 g/mol. The van der Waals surface area contributed by atoms with E-state index in [4.69, 9.17) is 4.74 Å². The van der Waals surface area contributed by atoms with Gasteiger partial charge in [0.25, 0.3) is 5.91 Å². The Morgan fingerprint density at radius 1 is 0.875 bits per heavy atom. The number of carbonyl (C=O) groups is 2. The molecule has 8 nitrogen and oxygen atoms in total. The Morgan fingerprint density at radius 2 is 1.59 bits per heavy atom. The Bertz CT molecular complexity index is 909. The standard InChI is InChI=1S/C24H31N5O3/c30-23(25-10-13-28-14-16-32-17-15-28)21-18-20(8-9-22(21)29-11-4-5-12-29)27-24(31)26-19-6-2-1-3-7-19/h1-3,6-9,18H,4-5,10-17H2,(H,25,30)(H2,26,27,31). The van der Waals surface area contributed by atoms with Crippen LogP contribution in [0.5, 0.6) is 0 Å². The summed E-state index contributed by atoms with van der Waals surface area (Å²) in [5, 5.41) is 8.70. The quantitative estimate of drug-likeness (QED) is 0.620. The van der Waals surface area contributed by atoms with Crippen LogP contribution in [0.4, 0.5) is 21.9 Å². The minimum Gasteiger partial charge on any atom is -0.379 e. The first-order chi connectivity index (χ1) is 15.7. The van der Waals surface area contributed by atoms with Gasteiger partial charge in [0, 0.05) is 56.3 Å². The molecule has 2 aromatic carbocycles. The number of carbonyl (C=O) groups excluding carboxylic acids is 2. The van der Waals surface area contributed by atoms with Crippen LogP contribution in [-0.2, 0) is 4.74 Å². The van der Waals surface area contributed by atoms with E-state index in [-0.39, 0.29) is 11.9 Å². The number of morpholine rings is 1. The molecule has 2 aliphatic rings. The summed E-state index contributed by atoms with van der Waals surface area (Å²) >= 11 is 0.